The molecule has 3 aromatic rings. The minimum Gasteiger partial charge on any atom is -0.489 e. The van der Waals surface area contributed by atoms with Crippen LogP contribution in [0.3, 0.4) is 0 Å². The van der Waals surface area contributed by atoms with Crippen LogP contribution in [0.1, 0.15) is 11.1 Å². The maximum atomic E-state index is 12.3. The highest BCUT2D eigenvalue weighted by Gasteiger charge is 2.24. The van der Waals surface area contributed by atoms with Crippen LogP contribution in [0.2, 0.25) is 15.1 Å². The third-order valence-corrected chi connectivity index (χ3v) is 6.13. The maximum absolute atomic E-state index is 12.3. The van der Waals surface area contributed by atoms with E-state index in [-0.39, 0.29) is 5.91 Å². The number of carbonyl (C=O) groups is 1. The van der Waals surface area contributed by atoms with E-state index in [1.165, 1.54) is 11.8 Å². The molecule has 8 heteroatoms. The first-order valence-corrected chi connectivity index (χ1v) is 11.1. The summed E-state index contributed by atoms with van der Waals surface area (Å²) >= 11 is 19.5. The first-order valence-electron chi connectivity index (χ1n) is 9.19. The van der Waals surface area contributed by atoms with Gasteiger partial charge in [-0.25, -0.2) is 4.99 Å². The van der Waals surface area contributed by atoms with Crippen molar-refractivity contribution in [3.05, 3.63) is 97.8 Å². The normalized spacial score (nSPS) is 16.0. The van der Waals surface area contributed by atoms with Crippen LogP contribution in [0.4, 0.5) is 5.69 Å². The Morgan fingerprint density at radius 1 is 0.968 bits per heavy atom. The molecular formula is C23H15Cl3N2O2S. The topological polar surface area (TPSA) is 50.7 Å². The summed E-state index contributed by atoms with van der Waals surface area (Å²) < 4.78 is 5.79. The highest BCUT2D eigenvalue weighted by Crippen LogP contribution is 2.31. The van der Waals surface area contributed by atoms with Gasteiger partial charge in [0.15, 0.2) is 5.17 Å². The van der Waals surface area contributed by atoms with Crippen molar-refractivity contribution in [2.45, 2.75) is 6.61 Å². The van der Waals surface area contributed by atoms with E-state index >= 15 is 0 Å². The van der Waals surface area contributed by atoms with Crippen molar-refractivity contribution in [1.82, 2.24) is 5.32 Å². The zero-order chi connectivity index (χ0) is 21.8. The van der Waals surface area contributed by atoms with Gasteiger partial charge in [-0.15, -0.1) is 0 Å². The highest BCUT2D eigenvalue weighted by molar-refractivity contribution is 8.18. The van der Waals surface area contributed by atoms with E-state index in [9.17, 15) is 4.79 Å². The lowest BCUT2D eigenvalue weighted by atomic mass is 10.2. The van der Waals surface area contributed by atoms with E-state index in [1.54, 1.807) is 30.3 Å². The number of amidine groups is 1. The van der Waals surface area contributed by atoms with Gasteiger partial charge in [0.05, 0.1) is 15.6 Å². The summed E-state index contributed by atoms with van der Waals surface area (Å²) in [5.41, 5.74) is 2.32. The number of rotatable bonds is 5. The molecule has 156 valence electrons. The number of amides is 1. The molecule has 1 fully saturated rings. The summed E-state index contributed by atoms with van der Waals surface area (Å²) in [6.07, 6.45) is 1.80. The van der Waals surface area contributed by atoms with E-state index in [1.807, 2.05) is 42.5 Å². The van der Waals surface area contributed by atoms with E-state index < -0.39 is 0 Å². The van der Waals surface area contributed by atoms with Gasteiger partial charge in [-0.05, 0) is 59.8 Å². The molecule has 4 rings (SSSR count). The summed E-state index contributed by atoms with van der Waals surface area (Å²) in [5.74, 6) is 0.492. The maximum Gasteiger partial charge on any atom is 0.264 e. The van der Waals surface area contributed by atoms with E-state index in [4.69, 9.17) is 39.5 Å². The van der Waals surface area contributed by atoms with E-state index in [0.717, 1.165) is 11.1 Å². The summed E-state index contributed by atoms with van der Waals surface area (Å²) in [6.45, 7) is 0.330. The summed E-state index contributed by atoms with van der Waals surface area (Å²) in [4.78, 5) is 17.2. The smallest absolute Gasteiger partial charge is 0.264 e. The summed E-state index contributed by atoms with van der Waals surface area (Å²) in [7, 11) is 0. The van der Waals surface area contributed by atoms with Crippen LogP contribution in [0.15, 0.2) is 76.6 Å². The summed E-state index contributed by atoms with van der Waals surface area (Å²) in [6, 6.07) is 19.9. The number of para-hydroxylation sites is 1. The van der Waals surface area contributed by atoms with Crippen LogP contribution < -0.4 is 10.1 Å². The Morgan fingerprint density at radius 3 is 2.48 bits per heavy atom. The van der Waals surface area contributed by atoms with Crippen LogP contribution in [0.25, 0.3) is 6.08 Å². The third-order valence-electron chi connectivity index (χ3n) is 4.31. The molecule has 1 saturated heterocycles. The second kappa shape index (κ2) is 9.79. The lowest BCUT2D eigenvalue weighted by Gasteiger charge is -2.08. The Balaban J connectivity index is 1.42. The minimum atomic E-state index is -0.200. The highest BCUT2D eigenvalue weighted by atomic mass is 35.5. The van der Waals surface area contributed by atoms with Crippen molar-refractivity contribution in [3.8, 4) is 5.75 Å². The van der Waals surface area contributed by atoms with Crippen molar-refractivity contribution in [1.29, 1.82) is 0 Å². The first-order chi connectivity index (χ1) is 15.0. The molecule has 0 spiro atoms. The molecule has 1 aliphatic rings. The molecule has 0 radical (unpaired) electrons. The fraction of sp³-hybridized carbons (Fsp3) is 0.0435. The number of aliphatic imine (C=N–C) groups is 1. The van der Waals surface area contributed by atoms with E-state index in [2.05, 4.69) is 10.3 Å². The molecule has 0 atom stereocenters. The average molecular weight is 490 g/mol. The van der Waals surface area contributed by atoms with Crippen molar-refractivity contribution in [2.75, 3.05) is 0 Å². The molecule has 31 heavy (non-hydrogen) atoms. The van der Waals surface area contributed by atoms with Gasteiger partial charge in [0.25, 0.3) is 5.91 Å². The SMILES string of the molecule is O=C1NC(=Nc2ccccc2Cl)S/C1=C\c1ccc(OCc2ccc(Cl)cc2Cl)cc1. The van der Waals surface area contributed by atoms with E-state index in [0.29, 0.717) is 43.2 Å². The van der Waals surface area contributed by atoms with Crippen molar-refractivity contribution in [3.63, 3.8) is 0 Å². The largest absolute Gasteiger partial charge is 0.489 e. The average Bonchev–Trinajstić information content (AvgIpc) is 3.09. The zero-order valence-corrected chi connectivity index (χ0v) is 19.0. The number of nitrogens with zero attached hydrogens (tertiary/aromatic N) is 1. The quantitative estimate of drug-likeness (QED) is 0.388. The number of carbonyl (C=O) groups excluding carboxylic acids is 1. The molecule has 0 aromatic heterocycles. The van der Waals surface area contributed by atoms with Crippen molar-refractivity contribution >= 4 is 69.4 Å². The number of ether oxygens (including phenoxy) is 1. The monoisotopic (exact) mass is 488 g/mol. The minimum absolute atomic E-state index is 0.200. The molecule has 1 aliphatic heterocycles. The predicted molar refractivity (Wildman–Crippen MR) is 129 cm³/mol. The number of thioether (sulfide) groups is 1. The predicted octanol–water partition coefficient (Wildman–Crippen LogP) is 7.12. The van der Waals surface area contributed by atoms with Gasteiger partial charge in [-0.3, -0.25) is 4.79 Å². The van der Waals surface area contributed by atoms with Gasteiger partial charge in [-0.1, -0.05) is 65.1 Å². The van der Waals surface area contributed by atoms with Crippen molar-refractivity contribution in [2.24, 2.45) is 4.99 Å². The second-order valence-corrected chi connectivity index (χ2v) is 8.81. The van der Waals surface area contributed by atoms with Gasteiger partial charge >= 0.3 is 0 Å². The zero-order valence-electron chi connectivity index (χ0n) is 15.9. The lowest BCUT2D eigenvalue weighted by Crippen LogP contribution is -2.19. The molecule has 0 unspecified atom stereocenters. The number of hydrogen-bond acceptors (Lipinski definition) is 4. The standard InChI is InChI=1S/C23H15Cl3N2O2S/c24-16-8-7-15(19(26)12-16)13-30-17-9-5-14(6-10-17)11-21-22(29)28-23(31-21)27-20-4-2-1-3-18(20)25/h1-12H,13H2,(H,27,28,29)/b21-11-. The lowest BCUT2D eigenvalue weighted by molar-refractivity contribution is -0.115. The van der Waals surface area contributed by atoms with Crippen LogP contribution in [0, 0.1) is 0 Å². The number of hydrogen-bond donors (Lipinski definition) is 1. The molecule has 0 saturated carbocycles. The van der Waals surface area contributed by atoms with Crippen LogP contribution in [-0.2, 0) is 11.4 Å². The number of benzene rings is 3. The van der Waals surface area contributed by atoms with Gasteiger partial charge in [0.2, 0.25) is 0 Å². The van der Waals surface area contributed by atoms with Gasteiger partial charge in [0.1, 0.15) is 12.4 Å². The second-order valence-electron chi connectivity index (χ2n) is 6.53. The van der Waals surface area contributed by atoms with Gasteiger partial charge in [-0.2, -0.15) is 0 Å². The van der Waals surface area contributed by atoms with Crippen LogP contribution in [-0.4, -0.2) is 11.1 Å². The Morgan fingerprint density at radius 2 is 1.74 bits per heavy atom. The third kappa shape index (κ3) is 5.63. The molecule has 1 heterocycles. The molecule has 4 nitrogen and oxygen atoms in total. The van der Waals surface area contributed by atoms with Crippen molar-refractivity contribution < 1.29 is 9.53 Å². The van der Waals surface area contributed by atoms with Gasteiger partial charge < -0.3 is 10.1 Å². The first kappa shape index (κ1) is 21.8. The molecular weight excluding hydrogens is 475 g/mol. The molecule has 0 bridgehead atoms. The molecule has 1 N–H and O–H groups in total. The molecule has 3 aromatic carbocycles. The fourth-order valence-electron chi connectivity index (χ4n) is 2.74. The van der Waals surface area contributed by atoms with Crippen LogP contribution in [0.5, 0.6) is 5.75 Å². The summed E-state index contributed by atoms with van der Waals surface area (Å²) in [5, 5.41) is 4.92. The molecule has 0 aliphatic carbocycles. The number of nitrogens with one attached hydrogen (secondary N) is 1. The Kier molecular flexibility index (Phi) is 6.88. The van der Waals surface area contributed by atoms with Gasteiger partial charge in [0, 0.05) is 15.6 Å². The van der Waals surface area contributed by atoms with Crippen LogP contribution >= 0.6 is 46.6 Å². The Hall–Kier alpha value is -2.44. The Labute approximate surface area is 198 Å². The molecule has 1 amide bonds. The number of halogens is 3. The fourth-order valence-corrected chi connectivity index (χ4v) is 4.22. The Bertz CT molecular complexity index is 1190.